The van der Waals surface area contributed by atoms with E-state index in [0.29, 0.717) is 0 Å². The smallest absolute Gasteiger partial charge is 0.238 e. The highest BCUT2D eigenvalue weighted by Crippen LogP contribution is 2.15. The van der Waals surface area contributed by atoms with E-state index in [1.807, 2.05) is 11.8 Å². The summed E-state index contributed by atoms with van der Waals surface area (Å²) in [5, 5.41) is 6.32. The van der Waals surface area contributed by atoms with Gasteiger partial charge in [-0.1, -0.05) is 6.92 Å². The molecule has 18 heavy (non-hydrogen) atoms. The van der Waals surface area contributed by atoms with Gasteiger partial charge in [0, 0.05) is 31.1 Å². The van der Waals surface area contributed by atoms with E-state index < -0.39 is 0 Å². The maximum absolute atomic E-state index is 11.9. The molecule has 0 aromatic rings. The molecule has 4 nitrogen and oxygen atoms in total. The Morgan fingerprint density at radius 2 is 2.22 bits per heavy atom. The monoisotopic (exact) mass is 271 g/mol. The van der Waals surface area contributed by atoms with E-state index in [1.54, 1.807) is 0 Å². The Kier molecular flexibility index (Phi) is 5.79. The highest BCUT2D eigenvalue weighted by atomic mass is 32.2. The second kappa shape index (κ2) is 7.36. The van der Waals surface area contributed by atoms with Crippen LogP contribution in [0, 0.1) is 5.92 Å². The molecule has 2 aliphatic heterocycles. The number of thioether (sulfide) groups is 1. The lowest BCUT2D eigenvalue weighted by Crippen LogP contribution is -2.50. The largest absolute Gasteiger partial charge is 0.353 e. The predicted octanol–water partition coefficient (Wildman–Crippen LogP) is 0.540. The van der Waals surface area contributed by atoms with Gasteiger partial charge < -0.3 is 15.5 Å². The number of piperidine rings is 1. The fourth-order valence-corrected chi connectivity index (χ4v) is 3.41. The van der Waals surface area contributed by atoms with Crippen molar-refractivity contribution in [2.24, 2.45) is 5.92 Å². The van der Waals surface area contributed by atoms with Crippen molar-refractivity contribution < 1.29 is 4.79 Å². The number of rotatable bonds is 4. The first-order valence-corrected chi connectivity index (χ1v) is 8.22. The van der Waals surface area contributed by atoms with Gasteiger partial charge in [-0.05, 0) is 31.8 Å². The van der Waals surface area contributed by atoms with Crippen molar-refractivity contribution in [1.29, 1.82) is 0 Å². The van der Waals surface area contributed by atoms with Crippen LogP contribution in [0.25, 0.3) is 0 Å². The van der Waals surface area contributed by atoms with E-state index in [2.05, 4.69) is 22.5 Å². The minimum Gasteiger partial charge on any atom is -0.353 e. The molecule has 0 bridgehead atoms. The zero-order chi connectivity index (χ0) is 12.8. The van der Waals surface area contributed by atoms with Crippen LogP contribution in [0.1, 0.15) is 19.8 Å². The lowest BCUT2D eigenvalue weighted by molar-refractivity contribution is -0.122. The number of nitrogens with zero attached hydrogens (tertiary/aromatic N) is 1. The third kappa shape index (κ3) is 4.44. The van der Waals surface area contributed by atoms with Gasteiger partial charge >= 0.3 is 0 Å². The van der Waals surface area contributed by atoms with Crippen LogP contribution >= 0.6 is 11.8 Å². The summed E-state index contributed by atoms with van der Waals surface area (Å²) in [5.74, 6) is 3.08. The summed E-state index contributed by atoms with van der Waals surface area (Å²) in [6.07, 6.45) is 2.60. The van der Waals surface area contributed by atoms with Crippen molar-refractivity contribution >= 4 is 17.7 Å². The van der Waals surface area contributed by atoms with Gasteiger partial charge in [0.15, 0.2) is 0 Å². The lowest BCUT2D eigenvalue weighted by atomic mass is 9.99. The average Bonchev–Trinajstić information content (AvgIpc) is 2.42. The summed E-state index contributed by atoms with van der Waals surface area (Å²) in [7, 11) is 0. The van der Waals surface area contributed by atoms with Crippen molar-refractivity contribution in [3.63, 3.8) is 0 Å². The Hall–Kier alpha value is -0.260. The van der Waals surface area contributed by atoms with Gasteiger partial charge in [0.05, 0.1) is 6.04 Å². The Bertz CT molecular complexity index is 261. The van der Waals surface area contributed by atoms with Gasteiger partial charge in [-0.15, -0.1) is 0 Å². The summed E-state index contributed by atoms with van der Waals surface area (Å²) in [5.41, 5.74) is 0. The number of nitrogens with one attached hydrogen (secondary N) is 2. The summed E-state index contributed by atoms with van der Waals surface area (Å²) < 4.78 is 0. The summed E-state index contributed by atoms with van der Waals surface area (Å²) in [6.45, 7) is 7.44. The zero-order valence-corrected chi connectivity index (χ0v) is 12.1. The van der Waals surface area contributed by atoms with Gasteiger partial charge in [-0.3, -0.25) is 4.79 Å². The molecule has 2 saturated heterocycles. The third-order valence-corrected chi connectivity index (χ3v) is 4.90. The maximum Gasteiger partial charge on any atom is 0.238 e. The molecule has 0 spiro atoms. The molecule has 104 valence electrons. The van der Waals surface area contributed by atoms with Gasteiger partial charge in [0.1, 0.15) is 0 Å². The molecule has 2 N–H and O–H groups in total. The molecule has 0 aromatic heterocycles. The SMILES string of the molecule is CC1CCN(CCNC(=O)C2CSCCN2)CC1. The van der Waals surface area contributed by atoms with Crippen LogP contribution < -0.4 is 10.6 Å². The van der Waals surface area contributed by atoms with Gasteiger partial charge in [-0.25, -0.2) is 0 Å². The van der Waals surface area contributed by atoms with Gasteiger partial charge in [0.2, 0.25) is 5.91 Å². The quantitative estimate of drug-likeness (QED) is 0.783. The minimum atomic E-state index is 0.0186. The second-order valence-electron chi connectivity index (χ2n) is 5.40. The molecule has 2 fully saturated rings. The fourth-order valence-electron chi connectivity index (χ4n) is 2.48. The van der Waals surface area contributed by atoms with Crippen LogP contribution in [0.3, 0.4) is 0 Å². The zero-order valence-electron chi connectivity index (χ0n) is 11.3. The first kappa shape index (κ1) is 14.2. The highest BCUT2D eigenvalue weighted by Gasteiger charge is 2.21. The predicted molar refractivity (Wildman–Crippen MR) is 77.0 cm³/mol. The van der Waals surface area contributed by atoms with Gasteiger partial charge in [0.25, 0.3) is 0 Å². The van der Waals surface area contributed by atoms with Crippen molar-refractivity contribution in [1.82, 2.24) is 15.5 Å². The molecular weight excluding hydrogens is 246 g/mol. The molecule has 2 aliphatic rings. The number of hydrogen-bond donors (Lipinski definition) is 2. The number of carbonyl (C=O) groups is 1. The normalized spacial score (nSPS) is 27.1. The van der Waals surface area contributed by atoms with Crippen LogP contribution in [0.5, 0.6) is 0 Å². The number of amides is 1. The Morgan fingerprint density at radius 3 is 2.89 bits per heavy atom. The van der Waals surface area contributed by atoms with Crippen molar-refractivity contribution in [2.75, 3.05) is 44.2 Å². The number of hydrogen-bond acceptors (Lipinski definition) is 4. The second-order valence-corrected chi connectivity index (χ2v) is 6.55. The molecule has 0 radical (unpaired) electrons. The molecular formula is C13H25N3OS. The van der Waals surface area contributed by atoms with E-state index in [-0.39, 0.29) is 11.9 Å². The standard InChI is InChI=1S/C13H25N3OS/c1-11-2-6-16(7-3-11)8-4-15-13(17)12-10-18-9-5-14-12/h11-12,14H,2-10H2,1H3,(H,15,17). The molecule has 2 rings (SSSR count). The average molecular weight is 271 g/mol. The van der Waals surface area contributed by atoms with Crippen molar-refractivity contribution in [3.8, 4) is 0 Å². The number of likely N-dealkylation sites (tertiary alicyclic amines) is 1. The van der Waals surface area contributed by atoms with E-state index >= 15 is 0 Å². The van der Waals surface area contributed by atoms with Crippen molar-refractivity contribution in [2.45, 2.75) is 25.8 Å². The van der Waals surface area contributed by atoms with Crippen LogP contribution in [0.4, 0.5) is 0 Å². The third-order valence-electron chi connectivity index (χ3n) is 3.84. The Morgan fingerprint density at radius 1 is 1.44 bits per heavy atom. The molecule has 1 amide bonds. The first-order valence-electron chi connectivity index (χ1n) is 7.07. The lowest BCUT2D eigenvalue weighted by Gasteiger charge is -2.30. The molecule has 1 unspecified atom stereocenters. The van der Waals surface area contributed by atoms with E-state index in [0.717, 1.165) is 37.1 Å². The molecule has 5 heteroatoms. The molecule has 0 aromatic carbocycles. The summed E-state index contributed by atoms with van der Waals surface area (Å²) in [4.78, 5) is 14.3. The minimum absolute atomic E-state index is 0.0186. The Balaban J connectivity index is 1.58. The van der Waals surface area contributed by atoms with E-state index in [9.17, 15) is 4.79 Å². The first-order chi connectivity index (χ1) is 8.75. The van der Waals surface area contributed by atoms with Crippen LogP contribution in [0.15, 0.2) is 0 Å². The van der Waals surface area contributed by atoms with Crippen LogP contribution in [-0.4, -0.2) is 61.1 Å². The fraction of sp³-hybridized carbons (Fsp3) is 0.923. The van der Waals surface area contributed by atoms with Gasteiger partial charge in [-0.2, -0.15) is 11.8 Å². The Labute approximate surface area is 114 Å². The van der Waals surface area contributed by atoms with E-state index in [1.165, 1.54) is 25.9 Å². The van der Waals surface area contributed by atoms with Crippen molar-refractivity contribution in [3.05, 3.63) is 0 Å². The van der Waals surface area contributed by atoms with Crippen LogP contribution in [-0.2, 0) is 4.79 Å². The highest BCUT2D eigenvalue weighted by molar-refractivity contribution is 7.99. The molecule has 2 heterocycles. The molecule has 0 saturated carbocycles. The topological polar surface area (TPSA) is 44.4 Å². The van der Waals surface area contributed by atoms with E-state index in [4.69, 9.17) is 0 Å². The summed E-state index contributed by atoms with van der Waals surface area (Å²) >= 11 is 1.86. The number of carbonyl (C=O) groups excluding carboxylic acids is 1. The maximum atomic E-state index is 11.9. The molecule has 0 aliphatic carbocycles. The van der Waals surface area contributed by atoms with Crippen LogP contribution in [0.2, 0.25) is 0 Å². The molecule has 1 atom stereocenters. The summed E-state index contributed by atoms with van der Waals surface area (Å²) in [6, 6.07) is 0.0186.